The molecule has 1 fully saturated rings. The van der Waals surface area contributed by atoms with Crippen molar-refractivity contribution >= 4 is 57.3 Å². The second-order valence-corrected chi connectivity index (χ2v) is 10.6. The average molecular weight is 517 g/mol. The molecule has 0 atom stereocenters. The summed E-state index contributed by atoms with van der Waals surface area (Å²) in [6, 6.07) is 21.1. The molecule has 0 aliphatic carbocycles. The Balaban J connectivity index is 1.58. The van der Waals surface area contributed by atoms with Crippen molar-refractivity contribution < 1.29 is 9.90 Å². The van der Waals surface area contributed by atoms with Crippen LogP contribution in [0, 0.1) is 6.92 Å². The van der Waals surface area contributed by atoms with E-state index in [1.165, 1.54) is 11.8 Å². The zero-order valence-electron chi connectivity index (χ0n) is 20.7. The standard InChI is InChI=1S/C28H28N4O2S2/c1-5-31(6-2)20-13-16-22(18(3)17-20)29-28-32(19-11-14-21(33)15-12-19)26(34)25(36-28)27-30(4)23-9-7-8-10-24(23)35-27/h7-17,33H,5-6H2,1-4H3. The van der Waals surface area contributed by atoms with Crippen molar-refractivity contribution in [3.8, 4) is 5.75 Å². The van der Waals surface area contributed by atoms with Gasteiger partial charge in [0.25, 0.3) is 5.91 Å². The summed E-state index contributed by atoms with van der Waals surface area (Å²) in [6.45, 7) is 8.22. The number of aryl methyl sites for hydroxylation is 1. The zero-order chi connectivity index (χ0) is 25.4. The smallest absolute Gasteiger partial charge is 0.274 e. The van der Waals surface area contributed by atoms with E-state index in [1.54, 1.807) is 40.9 Å². The molecule has 0 saturated carbocycles. The largest absolute Gasteiger partial charge is 0.508 e. The van der Waals surface area contributed by atoms with Crippen molar-refractivity contribution in [1.82, 2.24) is 0 Å². The number of carbonyl (C=O) groups is 1. The van der Waals surface area contributed by atoms with Crippen LogP contribution < -0.4 is 14.7 Å². The minimum absolute atomic E-state index is 0.121. The van der Waals surface area contributed by atoms with E-state index in [1.807, 2.05) is 25.2 Å². The first-order valence-corrected chi connectivity index (χ1v) is 13.5. The fourth-order valence-electron chi connectivity index (χ4n) is 4.36. The summed E-state index contributed by atoms with van der Waals surface area (Å²) in [5.41, 5.74) is 4.79. The van der Waals surface area contributed by atoms with E-state index in [4.69, 9.17) is 4.99 Å². The molecule has 6 nitrogen and oxygen atoms in total. The lowest BCUT2D eigenvalue weighted by molar-refractivity contribution is -0.113. The zero-order valence-corrected chi connectivity index (χ0v) is 22.4. The highest BCUT2D eigenvalue weighted by molar-refractivity contribution is 8.20. The van der Waals surface area contributed by atoms with Gasteiger partial charge >= 0.3 is 0 Å². The number of anilines is 3. The normalized spacial score (nSPS) is 18.3. The van der Waals surface area contributed by atoms with Gasteiger partial charge in [0.05, 0.1) is 22.1 Å². The number of carbonyl (C=O) groups excluding carboxylic acids is 1. The number of aromatic hydroxyl groups is 1. The highest BCUT2D eigenvalue weighted by Crippen LogP contribution is 2.50. The summed E-state index contributed by atoms with van der Waals surface area (Å²) >= 11 is 2.99. The van der Waals surface area contributed by atoms with Gasteiger partial charge in [0.2, 0.25) is 0 Å². The van der Waals surface area contributed by atoms with Gasteiger partial charge in [0, 0.05) is 30.7 Å². The van der Waals surface area contributed by atoms with E-state index in [0.29, 0.717) is 15.8 Å². The molecule has 3 aromatic rings. The third-order valence-electron chi connectivity index (χ3n) is 6.35. The van der Waals surface area contributed by atoms with Gasteiger partial charge in [0.1, 0.15) is 10.7 Å². The quantitative estimate of drug-likeness (QED) is 0.380. The van der Waals surface area contributed by atoms with E-state index in [0.717, 1.165) is 45.6 Å². The minimum atomic E-state index is -0.121. The number of para-hydroxylation sites is 1. The molecule has 0 unspecified atom stereocenters. The Morgan fingerprint density at radius 1 is 0.972 bits per heavy atom. The van der Waals surface area contributed by atoms with Gasteiger partial charge in [-0.05, 0) is 92.7 Å². The predicted molar refractivity (Wildman–Crippen MR) is 153 cm³/mol. The van der Waals surface area contributed by atoms with E-state index in [2.05, 4.69) is 54.8 Å². The second kappa shape index (κ2) is 9.95. The van der Waals surface area contributed by atoms with Gasteiger partial charge in [-0.15, -0.1) is 0 Å². The van der Waals surface area contributed by atoms with Crippen LogP contribution in [0.15, 0.2) is 86.6 Å². The van der Waals surface area contributed by atoms with Crippen LogP contribution in [0.3, 0.4) is 0 Å². The van der Waals surface area contributed by atoms with Crippen molar-refractivity contribution in [1.29, 1.82) is 0 Å². The molecule has 8 heteroatoms. The summed E-state index contributed by atoms with van der Waals surface area (Å²) in [7, 11) is 1.99. The molecule has 0 aromatic heterocycles. The first kappa shape index (κ1) is 24.3. The first-order chi connectivity index (χ1) is 17.4. The molecular formula is C28H28N4O2S2. The van der Waals surface area contributed by atoms with Crippen molar-refractivity contribution in [2.45, 2.75) is 25.7 Å². The van der Waals surface area contributed by atoms with Gasteiger partial charge in [0.15, 0.2) is 5.17 Å². The molecular weight excluding hydrogens is 488 g/mol. The van der Waals surface area contributed by atoms with Crippen molar-refractivity contribution in [3.63, 3.8) is 0 Å². The summed E-state index contributed by atoms with van der Waals surface area (Å²) < 4.78 is 0. The predicted octanol–water partition coefficient (Wildman–Crippen LogP) is 6.73. The number of amides is 1. The van der Waals surface area contributed by atoms with Crippen LogP contribution in [0.4, 0.5) is 22.7 Å². The maximum Gasteiger partial charge on any atom is 0.274 e. The SMILES string of the molecule is CCN(CC)c1ccc(N=C2SC(=C3Sc4ccccc4N3C)C(=O)N2c2ccc(O)cc2)c(C)c1. The molecule has 2 aliphatic heterocycles. The number of nitrogens with zero attached hydrogens (tertiary/aromatic N) is 4. The Hall–Kier alpha value is -3.36. The number of thioether (sulfide) groups is 2. The molecule has 2 aliphatic rings. The summed E-state index contributed by atoms with van der Waals surface area (Å²) in [6.07, 6.45) is 0. The fourth-order valence-corrected chi connectivity index (χ4v) is 6.70. The highest BCUT2D eigenvalue weighted by atomic mass is 32.2. The number of hydrogen-bond acceptors (Lipinski definition) is 7. The van der Waals surface area contributed by atoms with Crippen LogP contribution in [0.1, 0.15) is 19.4 Å². The van der Waals surface area contributed by atoms with Gasteiger partial charge in [-0.2, -0.15) is 0 Å². The Morgan fingerprint density at radius 2 is 1.69 bits per heavy atom. The van der Waals surface area contributed by atoms with Crippen LogP contribution in [-0.2, 0) is 4.79 Å². The van der Waals surface area contributed by atoms with Gasteiger partial charge < -0.3 is 14.9 Å². The van der Waals surface area contributed by atoms with Crippen molar-refractivity contribution in [2.75, 3.05) is 34.8 Å². The van der Waals surface area contributed by atoms with Crippen molar-refractivity contribution in [2.24, 2.45) is 4.99 Å². The Kier molecular flexibility index (Phi) is 6.73. The Labute approximate surface area is 220 Å². The fraction of sp³-hybridized carbons (Fsp3) is 0.214. The van der Waals surface area contributed by atoms with E-state index >= 15 is 0 Å². The van der Waals surface area contributed by atoms with Gasteiger partial charge in [-0.25, -0.2) is 4.99 Å². The molecule has 184 valence electrons. The maximum absolute atomic E-state index is 13.8. The summed E-state index contributed by atoms with van der Waals surface area (Å²) in [5.74, 6) is 0.0310. The second-order valence-electron chi connectivity index (χ2n) is 8.56. The third kappa shape index (κ3) is 4.35. The third-order valence-corrected chi connectivity index (χ3v) is 8.74. The first-order valence-electron chi connectivity index (χ1n) is 11.9. The van der Waals surface area contributed by atoms with Crippen molar-refractivity contribution in [3.05, 3.63) is 82.2 Å². The lowest BCUT2D eigenvalue weighted by Crippen LogP contribution is -2.29. The van der Waals surface area contributed by atoms with Crippen LogP contribution in [-0.4, -0.2) is 36.3 Å². The highest BCUT2D eigenvalue weighted by Gasteiger charge is 2.40. The minimum Gasteiger partial charge on any atom is -0.508 e. The molecule has 1 amide bonds. The van der Waals surface area contributed by atoms with E-state index in [-0.39, 0.29) is 11.7 Å². The molecule has 1 N–H and O–H groups in total. The lowest BCUT2D eigenvalue weighted by atomic mass is 10.1. The van der Waals surface area contributed by atoms with Crippen LogP contribution in [0.5, 0.6) is 5.75 Å². The van der Waals surface area contributed by atoms with Crippen LogP contribution >= 0.6 is 23.5 Å². The number of benzene rings is 3. The number of phenols is 1. The molecule has 5 rings (SSSR count). The van der Waals surface area contributed by atoms with E-state index in [9.17, 15) is 9.90 Å². The molecule has 0 radical (unpaired) electrons. The number of amidine groups is 1. The summed E-state index contributed by atoms with van der Waals surface area (Å²) in [5, 5.41) is 11.3. The van der Waals surface area contributed by atoms with Crippen LogP contribution in [0.2, 0.25) is 0 Å². The summed E-state index contributed by atoms with van der Waals surface area (Å²) in [4.78, 5) is 26.6. The monoisotopic (exact) mass is 516 g/mol. The molecule has 3 aromatic carbocycles. The number of phenolic OH excluding ortho intramolecular Hbond substituents is 1. The maximum atomic E-state index is 13.8. The molecule has 2 heterocycles. The number of rotatable bonds is 5. The number of hydrogen-bond donors (Lipinski definition) is 1. The number of fused-ring (bicyclic) bond motifs is 1. The average Bonchev–Trinajstić information content (AvgIpc) is 3.38. The van der Waals surface area contributed by atoms with Crippen LogP contribution in [0.25, 0.3) is 0 Å². The molecule has 36 heavy (non-hydrogen) atoms. The van der Waals surface area contributed by atoms with Gasteiger partial charge in [-0.3, -0.25) is 9.69 Å². The Bertz CT molecular complexity index is 1380. The lowest BCUT2D eigenvalue weighted by Gasteiger charge is -2.22. The van der Waals surface area contributed by atoms with Gasteiger partial charge in [-0.1, -0.05) is 23.9 Å². The molecule has 0 bridgehead atoms. The number of aliphatic imine (C=N–C) groups is 1. The molecule has 1 saturated heterocycles. The van der Waals surface area contributed by atoms with E-state index < -0.39 is 0 Å². The Morgan fingerprint density at radius 3 is 2.36 bits per heavy atom. The molecule has 0 spiro atoms. The topological polar surface area (TPSA) is 59.4 Å².